The van der Waals surface area contributed by atoms with Crippen molar-refractivity contribution in [2.24, 2.45) is 0 Å². The molecule has 1 fully saturated rings. The van der Waals surface area contributed by atoms with Crippen LogP contribution in [-0.4, -0.2) is 80.6 Å². The second-order valence-electron chi connectivity index (χ2n) is 4.81. The fourth-order valence-electron chi connectivity index (χ4n) is 1.97. The molecule has 0 saturated carbocycles. The zero-order valence-electron chi connectivity index (χ0n) is 12.6. The molecule has 0 aromatic carbocycles. The van der Waals surface area contributed by atoms with Crippen molar-refractivity contribution in [3.63, 3.8) is 0 Å². The molecule has 1 aliphatic rings. The van der Waals surface area contributed by atoms with Gasteiger partial charge < -0.3 is 19.3 Å². The van der Waals surface area contributed by atoms with Gasteiger partial charge in [-0.25, -0.2) is 0 Å². The molecule has 0 radical (unpaired) electrons. The predicted octanol–water partition coefficient (Wildman–Crippen LogP) is 0.163. The summed E-state index contributed by atoms with van der Waals surface area (Å²) < 4.78 is 10.4. The maximum atomic E-state index is 11.9. The first-order valence-corrected chi connectivity index (χ1v) is 7.34. The minimum Gasteiger partial charge on any atom is -0.371 e. The van der Waals surface area contributed by atoms with Crippen molar-refractivity contribution in [2.45, 2.75) is 20.3 Å². The van der Waals surface area contributed by atoms with Crippen LogP contribution in [0.2, 0.25) is 0 Å². The summed E-state index contributed by atoms with van der Waals surface area (Å²) in [6.45, 7) is 9.31. The minimum absolute atomic E-state index is 0.0328. The Morgan fingerprint density at radius 2 is 1.55 bits per heavy atom. The lowest BCUT2D eigenvalue weighted by Gasteiger charge is -2.33. The van der Waals surface area contributed by atoms with Gasteiger partial charge in [0, 0.05) is 32.6 Å². The van der Waals surface area contributed by atoms with Crippen LogP contribution in [0.4, 0.5) is 0 Å². The molecule has 0 aromatic rings. The van der Waals surface area contributed by atoms with Gasteiger partial charge in [0.1, 0.15) is 13.2 Å². The summed E-state index contributed by atoms with van der Waals surface area (Å²) in [4.78, 5) is 27.0. The van der Waals surface area contributed by atoms with Crippen LogP contribution < -0.4 is 0 Å². The molecular weight excluding hydrogens is 260 g/mol. The lowest BCUT2D eigenvalue weighted by Crippen LogP contribution is -2.49. The van der Waals surface area contributed by atoms with Gasteiger partial charge >= 0.3 is 0 Å². The Labute approximate surface area is 121 Å². The maximum Gasteiger partial charge on any atom is 0.248 e. The molecular formula is C14H26N2O4. The fraction of sp³-hybridized carbons (Fsp3) is 0.857. The zero-order chi connectivity index (χ0) is 14.8. The number of ether oxygens (including phenoxy) is 2. The molecule has 116 valence electrons. The Bertz CT molecular complexity index is 302. The maximum absolute atomic E-state index is 11.9. The molecule has 0 unspecified atom stereocenters. The van der Waals surface area contributed by atoms with Crippen LogP contribution in [0.5, 0.6) is 0 Å². The molecule has 0 aliphatic carbocycles. The smallest absolute Gasteiger partial charge is 0.248 e. The number of carbonyl (C=O) groups is 2. The molecule has 6 nitrogen and oxygen atoms in total. The van der Waals surface area contributed by atoms with Crippen molar-refractivity contribution in [3.05, 3.63) is 0 Å². The number of hydrogen-bond acceptors (Lipinski definition) is 5. The Balaban J connectivity index is 2.02. The van der Waals surface area contributed by atoms with Gasteiger partial charge in [-0.05, 0) is 6.54 Å². The lowest BCUT2D eigenvalue weighted by atomic mass is 10.3. The zero-order valence-corrected chi connectivity index (χ0v) is 12.6. The van der Waals surface area contributed by atoms with Crippen LogP contribution in [0, 0.1) is 0 Å². The summed E-state index contributed by atoms with van der Waals surface area (Å²) in [7, 11) is 0. The number of likely N-dealkylation sites (N-methyl/N-ethyl adjacent to an activating group) is 1. The van der Waals surface area contributed by atoms with E-state index in [-0.39, 0.29) is 24.9 Å². The highest BCUT2D eigenvalue weighted by Gasteiger charge is 2.19. The molecule has 6 heteroatoms. The normalized spacial score (nSPS) is 16.4. The predicted molar refractivity (Wildman–Crippen MR) is 75.6 cm³/mol. The minimum atomic E-state index is 0.0328. The second kappa shape index (κ2) is 9.85. The van der Waals surface area contributed by atoms with Gasteiger partial charge in [0.05, 0.1) is 13.2 Å². The molecule has 0 spiro atoms. The first-order chi connectivity index (χ1) is 9.67. The Morgan fingerprint density at radius 1 is 0.950 bits per heavy atom. The highest BCUT2D eigenvalue weighted by atomic mass is 16.5. The van der Waals surface area contributed by atoms with Gasteiger partial charge in [0.2, 0.25) is 5.91 Å². The van der Waals surface area contributed by atoms with Gasteiger partial charge in [-0.1, -0.05) is 13.8 Å². The molecule has 1 amide bonds. The topological polar surface area (TPSA) is 59.1 Å². The summed E-state index contributed by atoms with van der Waals surface area (Å²) in [5, 5.41) is 0. The van der Waals surface area contributed by atoms with E-state index >= 15 is 0 Å². The standard InChI is InChI=1S/C14H26N2O4/c1-3-13(17)11-19-9-10-20-12-14(18)16-7-5-15(4-2)6-8-16/h3-12H2,1-2H3. The largest absolute Gasteiger partial charge is 0.371 e. The van der Waals surface area contributed by atoms with Gasteiger partial charge in [0.25, 0.3) is 0 Å². The van der Waals surface area contributed by atoms with Gasteiger partial charge in [-0.3, -0.25) is 9.59 Å². The third kappa shape index (κ3) is 6.45. The molecule has 0 bridgehead atoms. The van der Waals surface area contributed by atoms with Crippen LogP contribution in [-0.2, 0) is 19.1 Å². The summed E-state index contributed by atoms with van der Waals surface area (Å²) in [5.74, 6) is 0.111. The third-order valence-corrected chi connectivity index (χ3v) is 3.43. The summed E-state index contributed by atoms with van der Waals surface area (Å²) in [5.41, 5.74) is 0. The van der Waals surface area contributed by atoms with Crippen LogP contribution in [0.15, 0.2) is 0 Å². The molecule has 0 aromatic heterocycles. The summed E-state index contributed by atoms with van der Waals surface area (Å²) >= 11 is 0. The van der Waals surface area contributed by atoms with Crippen molar-refractivity contribution >= 4 is 11.7 Å². The molecule has 0 atom stereocenters. The molecule has 20 heavy (non-hydrogen) atoms. The summed E-state index contributed by atoms with van der Waals surface area (Å²) in [6, 6.07) is 0. The monoisotopic (exact) mass is 286 g/mol. The van der Waals surface area contributed by atoms with Gasteiger partial charge in [0.15, 0.2) is 5.78 Å². The summed E-state index contributed by atoms with van der Waals surface area (Å²) in [6.07, 6.45) is 0.489. The molecule has 1 heterocycles. The average molecular weight is 286 g/mol. The van der Waals surface area contributed by atoms with Crippen LogP contribution >= 0.6 is 0 Å². The highest BCUT2D eigenvalue weighted by molar-refractivity contribution is 5.79. The van der Waals surface area contributed by atoms with E-state index in [1.807, 2.05) is 4.90 Å². The van der Waals surface area contributed by atoms with E-state index < -0.39 is 0 Å². The first-order valence-electron chi connectivity index (χ1n) is 7.34. The number of piperazine rings is 1. The quantitative estimate of drug-likeness (QED) is 0.565. The van der Waals surface area contributed by atoms with E-state index in [1.165, 1.54) is 0 Å². The van der Waals surface area contributed by atoms with E-state index in [9.17, 15) is 9.59 Å². The van der Waals surface area contributed by atoms with Gasteiger partial charge in [-0.2, -0.15) is 0 Å². The highest BCUT2D eigenvalue weighted by Crippen LogP contribution is 2.01. The Kier molecular flexibility index (Phi) is 8.41. The van der Waals surface area contributed by atoms with Crippen LogP contribution in [0.1, 0.15) is 20.3 Å². The van der Waals surface area contributed by atoms with Crippen LogP contribution in [0.25, 0.3) is 0 Å². The average Bonchev–Trinajstić information content (AvgIpc) is 2.50. The van der Waals surface area contributed by atoms with E-state index in [4.69, 9.17) is 9.47 Å². The molecule has 0 N–H and O–H groups in total. The molecule has 1 rings (SSSR count). The molecule has 1 aliphatic heterocycles. The Hall–Kier alpha value is -0.980. The van der Waals surface area contributed by atoms with Crippen molar-refractivity contribution in [1.82, 2.24) is 9.80 Å². The van der Waals surface area contributed by atoms with Crippen LogP contribution in [0.3, 0.4) is 0 Å². The number of rotatable bonds is 9. The van der Waals surface area contributed by atoms with E-state index in [1.54, 1.807) is 6.92 Å². The third-order valence-electron chi connectivity index (χ3n) is 3.43. The van der Waals surface area contributed by atoms with Crippen molar-refractivity contribution < 1.29 is 19.1 Å². The lowest BCUT2D eigenvalue weighted by molar-refractivity contribution is -0.138. The Morgan fingerprint density at radius 3 is 2.10 bits per heavy atom. The molecule has 1 saturated heterocycles. The first kappa shape index (κ1) is 17.1. The SMILES string of the molecule is CCC(=O)COCCOCC(=O)N1CCN(CC)CC1. The van der Waals surface area contributed by atoms with Crippen molar-refractivity contribution in [1.29, 1.82) is 0 Å². The van der Waals surface area contributed by atoms with Gasteiger partial charge in [-0.15, -0.1) is 0 Å². The number of carbonyl (C=O) groups excluding carboxylic acids is 2. The number of nitrogens with zero attached hydrogens (tertiary/aromatic N) is 2. The second-order valence-corrected chi connectivity index (χ2v) is 4.81. The fourth-order valence-corrected chi connectivity index (χ4v) is 1.97. The number of ketones is 1. The number of Topliss-reactive ketones (excluding diaryl/α,β-unsaturated/α-hetero) is 1. The van der Waals surface area contributed by atoms with E-state index in [0.29, 0.717) is 19.6 Å². The van der Waals surface area contributed by atoms with Crippen molar-refractivity contribution in [3.8, 4) is 0 Å². The van der Waals surface area contributed by atoms with E-state index in [0.717, 1.165) is 32.7 Å². The van der Waals surface area contributed by atoms with E-state index in [2.05, 4.69) is 11.8 Å². The number of amides is 1. The van der Waals surface area contributed by atoms with Crippen molar-refractivity contribution in [2.75, 3.05) is 59.2 Å². The number of hydrogen-bond donors (Lipinski definition) is 0.